The molecule has 88 valence electrons. The largest absolute Gasteiger partial charge is 0.356 e. The van der Waals surface area contributed by atoms with Crippen molar-refractivity contribution in [1.82, 2.24) is 25.8 Å². The van der Waals surface area contributed by atoms with Crippen molar-refractivity contribution in [3.8, 4) is 0 Å². The van der Waals surface area contributed by atoms with Gasteiger partial charge >= 0.3 is 5.97 Å². The molecule has 0 aliphatic heterocycles. The molecule has 2 rings (SSSR count). The first-order chi connectivity index (χ1) is 7.81. The smallest absolute Gasteiger partial charge is 0.327 e. The van der Waals surface area contributed by atoms with Gasteiger partial charge in [-0.3, -0.25) is 4.79 Å². The number of hydrogen-bond donors (Lipinski definition) is 2. The molecule has 0 unspecified atom stereocenters. The molecule has 1 aromatic heterocycles. The summed E-state index contributed by atoms with van der Waals surface area (Å²) in [7, 11) is 0. The zero-order valence-electron chi connectivity index (χ0n) is 8.50. The maximum atomic E-state index is 11.0. The molecule has 0 aromatic carbocycles. The van der Waals surface area contributed by atoms with Crippen LogP contribution in [0.25, 0.3) is 0 Å². The van der Waals surface area contributed by atoms with Gasteiger partial charge < -0.3 is 4.84 Å². The third-order valence-electron chi connectivity index (χ3n) is 2.07. The molecule has 0 radical (unpaired) electrons. The molecule has 16 heavy (non-hydrogen) atoms. The van der Waals surface area contributed by atoms with Crippen LogP contribution in [0.5, 0.6) is 0 Å². The fourth-order valence-electron chi connectivity index (χ4n) is 1.17. The predicted molar refractivity (Wildman–Crippen MR) is 54.8 cm³/mol. The SMILES string of the molecule is NNOC(=O)CCSc1nnnn1C1CC1. The fraction of sp³-hybridized carbons (Fsp3) is 0.714. The fourth-order valence-corrected chi connectivity index (χ4v) is 2.03. The normalized spacial score (nSPS) is 15.1. The van der Waals surface area contributed by atoms with Crippen molar-refractivity contribution >= 4 is 17.7 Å². The predicted octanol–water partition coefficient (Wildman–Crippen LogP) is -0.588. The van der Waals surface area contributed by atoms with E-state index < -0.39 is 5.97 Å². The van der Waals surface area contributed by atoms with Crippen LogP contribution in [0.4, 0.5) is 0 Å². The number of rotatable bonds is 6. The quantitative estimate of drug-likeness (QED) is 0.388. The van der Waals surface area contributed by atoms with Gasteiger partial charge in [0.2, 0.25) is 5.16 Å². The van der Waals surface area contributed by atoms with Gasteiger partial charge in [0.1, 0.15) is 0 Å². The van der Waals surface area contributed by atoms with Gasteiger partial charge in [-0.15, -0.1) is 5.10 Å². The Kier molecular flexibility index (Phi) is 3.70. The molecule has 0 bridgehead atoms. The summed E-state index contributed by atoms with van der Waals surface area (Å²) in [4.78, 5) is 15.3. The van der Waals surface area contributed by atoms with E-state index in [4.69, 9.17) is 5.84 Å². The number of hydrazine groups is 1. The highest BCUT2D eigenvalue weighted by Crippen LogP contribution is 2.36. The number of nitrogens with zero attached hydrogens (tertiary/aromatic N) is 4. The molecule has 3 N–H and O–H groups in total. The van der Waals surface area contributed by atoms with Crippen molar-refractivity contribution in [2.45, 2.75) is 30.5 Å². The summed E-state index contributed by atoms with van der Waals surface area (Å²) in [6.07, 6.45) is 2.50. The minimum Gasteiger partial charge on any atom is -0.356 e. The second-order valence-electron chi connectivity index (χ2n) is 3.33. The maximum absolute atomic E-state index is 11.0. The van der Waals surface area contributed by atoms with Crippen LogP contribution in [0.15, 0.2) is 5.16 Å². The zero-order chi connectivity index (χ0) is 11.4. The van der Waals surface area contributed by atoms with Gasteiger partial charge in [0.25, 0.3) is 0 Å². The summed E-state index contributed by atoms with van der Waals surface area (Å²) in [5.74, 6) is 4.99. The molecule has 1 heterocycles. The highest BCUT2D eigenvalue weighted by molar-refractivity contribution is 7.99. The number of carbonyl (C=O) groups excluding carboxylic acids is 1. The first kappa shape index (κ1) is 11.3. The Morgan fingerprint density at radius 3 is 3.19 bits per heavy atom. The van der Waals surface area contributed by atoms with Crippen molar-refractivity contribution < 1.29 is 9.63 Å². The summed E-state index contributed by atoms with van der Waals surface area (Å²) < 4.78 is 1.80. The summed E-state index contributed by atoms with van der Waals surface area (Å²) in [6.45, 7) is 0. The number of aromatic nitrogens is 4. The molecule has 0 spiro atoms. The standard InChI is InChI=1S/C7H12N6O2S/c8-10-15-6(14)3-4-16-7-9-11-12-13(7)5-1-2-5/h5,10H,1-4,8H2. The van der Waals surface area contributed by atoms with E-state index in [0.717, 1.165) is 18.0 Å². The molecule has 1 aliphatic rings. The lowest BCUT2D eigenvalue weighted by Gasteiger charge is -2.02. The van der Waals surface area contributed by atoms with Gasteiger partial charge in [-0.25, -0.2) is 10.5 Å². The van der Waals surface area contributed by atoms with E-state index in [9.17, 15) is 4.79 Å². The first-order valence-electron chi connectivity index (χ1n) is 4.87. The van der Waals surface area contributed by atoms with Gasteiger partial charge in [-0.1, -0.05) is 17.4 Å². The summed E-state index contributed by atoms with van der Waals surface area (Å²) in [5, 5.41) is 12.1. The van der Waals surface area contributed by atoms with Gasteiger partial charge in [-0.2, -0.15) is 0 Å². The molecular weight excluding hydrogens is 232 g/mol. The third-order valence-corrected chi connectivity index (χ3v) is 3.00. The molecule has 1 saturated carbocycles. The van der Waals surface area contributed by atoms with Crippen molar-refractivity contribution in [2.75, 3.05) is 5.75 Å². The minimum atomic E-state index is -0.402. The summed E-state index contributed by atoms with van der Waals surface area (Å²) >= 11 is 1.43. The van der Waals surface area contributed by atoms with Gasteiger partial charge in [0.15, 0.2) is 0 Å². The molecule has 0 saturated heterocycles. The van der Waals surface area contributed by atoms with E-state index in [1.54, 1.807) is 4.68 Å². The van der Waals surface area contributed by atoms with E-state index >= 15 is 0 Å². The number of thioether (sulfide) groups is 1. The lowest BCUT2D eigenvalue weighted by Crippen LogP contribution is -2.26. The van der Waals surface area contributed by atoms with Gasteiger partial charge in [-0.05, 0) is 23.3 Å². The van der Waals surface area contributed by atoms with E-state index in [0.29, 0.717) is 11.8 Å². The summed E-state index contributed by atoms with van der Waals surface area (Å²) in [6, 6.07) is 0.440. The molecule has 0 amide bonds. The van der Waals surface area contributed by atoms with Crippen LogP contribution in [0.3, 0.4) is 0 Å². The zero-order valence-corrected chi connectivity index (χ0v) is 9.31. The summed E-state index contributed by atoms with van der Waals surface area (Å²) in [5.41, 5.74) is 1.85. The molecule has 8 nitrogen and oxygen atoms in total. The number of hydrogen-bond acceptors (Lipinski definition) is 8. The minimum absolute atomic E-state index is 0.256. The lowest BCUT2D eigenvalue weighted by molar-refractivity contribution is -0.150. The average molecular weight is 244 g/mol. The molecule has 9 heteroatoms. The Bertz CT molecular complexity index is 366. The Balaban J connectivity index is 1.76. The second-order valence-corrected chi connectivity index (χ2v) is 4.39. The lowest BCUT2D eigenvalue weighted by atomic mass is 10.5. The van der Waals surface area contributed by atoms with Crippen LogP contribution in [0.2, 0.25) is 0 Å². The highest BCUT2D eigenvalue weighted by atomic mass is 32.2. The molecular formula is C7H12N6O2S. The molecule has 1 fully saturated rings. The van der Waals surface area contributed by atoms with Crippen LogP contribution in [0, 0.1) is 0 Å². The van der Waals surface area contributed by atoms with Crippen LogP contribution in [-0.4, -0.2) is 31.9 Å². The van der Waals surface area contributed by atoms with E-state index in [-0.39, 0.29) is 6.42 Å². The van der Waals surface area contributed by atoms with Crippen molar-refractivity contribution in [3.05, 3.63) is 0 Å². The van der Waals surface area contributed by atoms with Gasteiger partial charge in [0.05, 0.1) is 12.5 Å². The van der Waals surface area contributed by atoms with Crippen LogP contribution in [0.1, 0.15) is 25.3 Å². The average Bonchev–Trinajstić information content (AvgIpc) is 3.00. The molecule has 0 atom stereocenters. The Labute approximate surface area is 95.8 Å². The monoisotopic (exact) mass is 244 g/mol. The Hall–Kier alpha value is -1.19. The van der Waals surface area contributed by atoms with E-state index in [1.807, 2.05) is 5.59 Å². The van der Waals surface area contributed by atoms with Crippen LogP contribution >= 0.6 is 11.8 Å². The Morgan fingerprint density at radius 2 is 2.50 bits per heavy atom. The number of tetrazole rings is 1. The highest BCUT2D eigenvalue weighted by Gasteiger charge is 2.27. The second kappa shape index (κ2) is 5.23. The first-order valence-corrected chi connectivity index (χ1v) is 5.85. The van der Waals surface area contributed by atoms with Crippen molar-refractivity contribution in [2.24, 2.45) is 5.84 Å². The maximum Gasteiger partial charge on any atom is 0.327 e. The number of carbonyl (C=O) groups is 1. The van der Waals surface area contributed by atoms with Gasteiger partial charge in [0, 0.05) is 5.75 Å². The topological polar surface area (TPSA) is 108 Å². The van der Waals surface area contributed by atoms with E-state index in [1.165, 1.54) is 11.8 Å². The van der Waals surface area contributed by atoms with Crippen molar-refractivity contribution in [3.63, 3.8) is 0 Å². The van der Waals surface area contributed by atoms with E-state index in [2.05, 4.69) is 20.4 Å². The number of nitrogens with one attached hydrogen (secondary N) is 1. The number of nitrogens with two attached hydrogens (primary N) is 1. The van der Waals surface area contributed by atoms with Crippen LogP contribution < -0.4 is 11.4 Å². The molecule has 1 aliphatic carbocycles. The molecule has 1 aromatic rings. The van der Waals surface area contributed by atoms with Crippen LogP contribution in [-0.2, 0) is 9.63 Å². The van der Waals surface area contributed by atoms with Crippen molar-refractivity contribution in [1.29, 1.82) is 0 Å². The third kappa shape index (κ3) is 2.90. The Morgan fingerprint density at radius 1 is 1.69 bits per heavy atom.